The van der Waals surface area contributed by atoms with E-state index >= 15 is 0 Å². The van der Waals surface area contributed by atoms with Crippen molar-refractivity contribution in [3.8, 4) is 0 Å². The Labute approximate surface area is 118 Å². The lowest BCUT2D eigenvalue weighted by Crippen LogP contribution is -2.45. The molecular formula is C17H18N2O. The minimum Gasteiger partial charge on any atom is -0.510 e. The van der Waals surface area contributed by atoms with Crippen molar-refractivity contribution in [1.29, 1.82) is 0 Å². The van der Waals surface area contributed by atoms with Gasteiger partial charge in [0.2, 0.25) is 0 Å². The maximum atomic E-state index is 10.5. The standard InChI is InChI=1S/C17H18N2O/c20-15-10-19-14-6-2-1-4-11(14)12-7-9-18-8-3-5-13(15)16(18)17(12)19/h1-2,4,6,10,13,16,20H,3,5,7-9H2/t13-,16-/m1/s1. The highest BCUT2D eigenvalue weighted by molar-refractivity contribution is 5.88. The predicted molar refractivity (Wildman–Crippen MR) is 79.6 cm³/mol. The number of aromatic nitrogens is 1. The van der Waals surface area contributed by atoms with Gasteiger partial charge in [0, 0.05) is 29.7 Å². The Kier molecular flexibility index (Phi) is 2.01. The minimum atomic E-state index is 0.305. The van der Waals surface area contributed by atoms with Crippen LogP contribution in [-0.2, 0) is 6.42 Å². The number of fused-ring (bicyclic) bond motifs is 3. The van der Waals surface area contributed by atoms with Crippen molar-refractivity contribution in [2.75, 3.05) is 13.1 Å². The summed E-state index contributed by atoms with van der Waals surface area (Å²) >= 11 is 0. The summed E-state index contributed by atoms with van der Waals surface area (Å²) in [6.45, 7) is 2.31. The zero-order valence-corrected chi connectivity index (χ0v) is 11.4. The number of aliphatic hydroxyl groups excluding tert-OH is 1. The molecule has 0 unspecified atom stereocenters. The molecule has 3 aliphatic rings. The molecule has 3 heteroatoms. The smallest absolute Gasteiger partial charge is 0.114 e. The lowest BCUT2D eigenvalue weighted by atomic mass is 9.80. The molecule has 1 aromatic heterocycles. The zero-order valence-electron chi connectivity index (χ0n) is 11.4. The Balaban J connectivity index is 1.88. The molecule has 3 nitrogen and oxygen atoms in total. The van der Waals surface area contributed by atoms with Crippen LogP contribution in [-0.4, -0.2) is 27.7 Å². The van der Waals surface area contributed by atoms with E-state index in [1.54, 1.807) is 0 Å². The highest BCUT2D eigenvalue weighted by Gasteiger charge is 2.43. The fraction of sp³-hybridized carbons (Fsp3) is 0.412. The zero-order chi connectivity index (χ0) is 13.3. The van der Waals surface area contributed by atoms with Gasteiger partial charge in [0.1, 0.15) is 5.76 Å². The van der Waals surface area contributed by atoms with Crippen molar-refractivity contribution in [3.63, 3.8) is 0 Å². The second kappa shape index (κ2) is 3.67. The number of benzene rings is 1. The third-order valence-corrected chi connectivity index (χ3v) is 5.36. The number of piperidine rings is 1. The van der Waals surface area contributed by atoms with E-state index < -0.39 is 0 Å². The summed E-state index contributed by atoms with van der Waals surface area (Å²) in [6, 6.07) is 9.01. The molecule has 3 aliphatic heterocycles. The first-order valence-corrected chi connectivity index (χ1v) is 7.61. The number of nitrogens with zero attached hydrogens (tertiary/aromatic N) is 2. The van der Waals surface area contributed by atoms with Gasteiger partial charge in [-0.25, -0.2) is 0 Å². The molecule has 2 aromatic rings. The predicted octanol–water partition coefficient (Wildman–Crippen LogP) is 3.32. The van der Waals surface area contributed by atoms with Crippen LogP contribution in [0.3, 0.4) is 0 Å². The molecule has 0 aliphatic carbocycles. The van der Waals surface area contributed by atoms with Gasteiger partial charge in [-0.2, -0.15) is 0 Å². The molecule has 0 spiro atoms. The summed E-state index contributed by atoms with van der Waals surface area (Å²) in [7, 11) is 0. The summed E-state index contributed by atoms with van der Waals surface area (Å²) in [6.07, 6.45) is 5.43. The molecule has 1 N–H and O–H groups in total. The molecule has 2 atom stereocenters. The third kappa shape index (κ3) is 1.20. The summed E-state index contributed by atoms with van der Waals surface area (Å²) in [5, 5.41) is 11.8. The first-order valence-electron chi connectivity index (χ1n) is 7.61. The van der Waals surface area contributed by atoms with Gasteiger partial charge in [0.25, 0.3) is 0 Å². The Bertz CT molecular complexity index is 743. The molecule has 0 radical (unpaired) electrons. The van der Waals surface area contributed by atoms with E-state index in [2.05, 4.69) is 33.7 Å². The topological polar surface area (TPSA) is 28.4 Å². The Hall–Kier alpha value is -1.74. The van der Waals surface area contributed by atoms with Gasteiger partial charge in [-0.3, -0.25) is 4.90 Å². The van der Waals surface area contributed by atoms with Gasteiger partial charge in [0.15, 0.2) is 0 Å². The average Bonchev–Trinajstić information content (AvgIpc) is 2.82. The molecular weight excluding hydrogens is 248 g/mol. The normalized spacial score (nSPS) is 28.3. The molecule has 1 fully saturated rings. The number of aliphatic hydroxyl groups is 1. The second-order valence-electron chi connectivity index (χ2n) is 6.28. The van der Waals surface area contributed by atoms with Crippen molar-refractivity contribution >= 4 is 17.1 Å². The molecule has 0 bridgehead atoms. The van der Waals surface area contributed by atoms with Gasteiger partial charge in [-0.1, -0.05) is 18.2 Å². The number of rotatable bonds is 0. The maximum Gasteiger partial charge on any atom is 0.114 e. The monoisotopic (exact) mass is 266 g/mol. The fourth-order valence-corrected chi connectivity index (χ4v) is 4.55. The Morgan fingerprint density at radius 2 is 2.05 bits per heavy atom. The first kappa shape index (κ1) is 11.0. The van der Waals surface area contributed by atoms with E-state index in [1.165, 1.54) is 35.1 Å². The lowest BCUT2D eigenvalue weighted by molar-refractivity contribution is 0.0713. The minimum absolute atomic E-state index is 0.305. The summed E-state index contributed by atoms with van der Waals surface area (Å²) < 4.78 is 2.25. The number of hydrogen-bond donors (Lipinski definition) is 1. The molecule has 102 valence electrons. The van der Waals surface area contributed by atoms with Crippen LogP contribution in [0.2, 0.25) is 0 Å². The highest BCUT2D eigenvalue weighted by Crippen LogP contribution is 2.48. The van der Waals surface area contributed by atoms with Crippen LogP contribution in [0.4, 0.5) is 0 Å². The quantitative estimate of drug-likeness (QED) is 0.792. The summed E-state index contributed by atoms with van der Waals surface area (Å²) in [4.78, 5) is 2.58. The second-order valence-corrected chi connectivity index (χ2v) is 6.28. The Morgan fingerprint density at radius 3 is 3.00 bits per heavy atom. The van der Waals surface area contributed by atoms with Gasteiger partial charge in [-0.15, -0.1) is 0 Å². The van der Waals surface area contributed by atoms with Gasteiger partial charge >= 0.3 is 0 Å². The van der Waals surface area contributed by atoms with Crippen LogP contribution >= 0.6 is 0 Å². The van der Waals surface area contributed by atoms with Gasteiger partial charge < -0.3 is 9.67 Å². The van der Waals surface area contributed by atoms with E-state index in [9.17, 15) is 5.11 Å². The maximum absolute atomic E-state index is 10.5. The number of hydrogen-bond acceptors (Lipinski definition) is 2. The molecule has 4 heterocycles. The number of para-hydroxylation sites is 1. The van der Waals surface area contributed by atoms with Gasteiger partial charge in [0.05, 0.1) is 11.6 Å². The Morgan fingerprint density at radius 1 is 1.15 bits per heavy atom. The fourth-order valence-electron chi connectivity index (χ4n) is 4.55. The molecule has 0 saturated carbocycles. The van der Waals surface area contributed by atoms with Crippen LogP contribution in [0.1, 0.15) is 30.1 Å². The van der Waals surface area contributed by atoms with Crippen LogP contribution in [0.25, 0.3) is 17.1 Å². The molecule has 1 aromatic carbocycles. The first-order chi connectivity index (χ1) is 9.84. The van der Waals surface area contributed by atoms with Crippen LogP contribution in [0, 0.1) is 5.92 Å². The van der Waals surface area contributed by atoms with Crippen LogP contribution in [0.5, 0.6) is 0 Å². The van der Waals surface area contributed by atoms with Crippen molar-refractivity contribution in [3.05, 3.63) is 41.3 Å². The van der Waals surface area contributed by atoms with E-state index in [4.69, 9.17) is 0 Å². The van der Waals surface area contributed by atoms with E-state index in [-0.39, 0.29) is 0 Å². The summed E-state index contributed by atoms with van der Waals surface area (Å²) in [5.74, 6) is 0.876. The molecule has 20 heavy (non-hydrogen) atoms. The third-order valence-electron chi connectivity index (χ3n) is 5.36. The average molecular weight is 266 g/mol. The van der Waals surface area contributed by atoms with Crippen molar-refractivity contribution in [2.45, 2.75) is 25.3 Å². The van der Waals surface area contributed by atoms with Crippen molar-refractivity contribution < 1.29 is 5.11 Å². The largest absolute Gasteiger partial charge is 0.510 e. The van der Waals surface area contributed by atoms with E-state index in [0.29, 0.717) is 17.7 Å². The van der Waals surface area contributed by atoms with Gasteiger partial charge in [-0.05, 0) is 37.4 Å². The SMILES string of the molecule is OC1=Cn2c3c(c4ccccc42)CCN2CCC[C@H]1[C@H]32. The molecule has 5 rings (SSSR count). The van der Waals surface area contributed by atoms with E-state index in [1.807, 2.05) is 6.20 Å². The molecule has 1 saturated heterocycles. The van der Waals surface area contributed by atoms with E-state index in [0.717, 1.165) is 19.4 Å². The van der Waals surface area contributed by atoms with Crippen LogP contribution in [0.15, 0.2) is 30.0 Å². The van der Waals surface area contributed by atoms with Crippen molar-refractivity contribution in [2.24, 2.45) is 5.92 Å². The summed E-state index contributed by atoms with van der Waals surface area (Å²) in [5.41, 5.74) is 4.20. The lowest BCUT2D eigenvalue weighted by Gasteiger charge is -2.46. The van der Waals surface area contributed by atoms with Crippen molar-refractivity contribution in [1.82, 2.24) is 9.47 Å². The highest BCUT2D eigenvalue weighted by atomic mass is 16.3. The molecule has 0 amide bonds. The van der Waals surface area contributed by atoms with Crippen LogP contribution < -0.4 is 0 Å².